The number of nitrogens with zero attached hydrogens (tertiary/aromatic N) is 2. The molecule has 29 heavy (non-hydrogen) atoms. The highest BCUT2D eigenvalue weighted by molar-refractivity contribution is 7.00. The van der Waals surface area contributed by atoms with Gasteiger partial charge in [-0.1, -0.05) is 110 Å². The van der Waals surface area contributed by atoms with Gasteiger partial charge in [0.1, 0.15) is 11.0 Å². The van der Waals surface area contributed by atoms with Crippen molar-refractivity contribution in [2.24, 2.45) is 0 Å². The van der Waals surface area contributed by atoms with Gasteiger partial charge in [-0.3, -0.25) is 0 Å². The fourth-order valence-electron chi connectivity index (χ4n) is 3.03. The van der Waals surface area contributed by atoms with E-state index >= 15 is 0 Å². The molecule has 0 spiro atoms. The second-order valence-corrected chi connectivity index (χ2v) is 7.14. The third-order valence-electron chi connectivity index (χ3n) is 4.73. The van der Waals surface area contributed by atoms with Gasteiger partial charge in [0.2, 0.25) is 0 Å². The Kier molecular flexibility index (Phi) is 5.59. The minimum Gasteiger partial charge on any atom is -0.172 e. The predicted molar refractivity (Wildman–Crippen MR) is 128 cm³/mol. The zero-order valence-electron chi connectivity index (χ0n) is 16.0. The van der Waals surface area contributed by atoms with Crippen LogP contribution in [0.2, 0.25) is 0 Å². The van der Waals surface area contributed by atoms with Crippen LogP contribution in [-0.4, -0.2) is 8.75 Å². The third-order valence-corrected chi connectivity index (χ3v) is 5.26. The van der Waals surface area contributed by atoms with Crippen molar-refractivity contribution >= 4 is 59.2 Å². The molecule has 0 amide bonds. The van der Waals surface area contributed by atoms with Gasteiger partial charge in [0.05, 0.1) is 11.7 Å². The van der Waals surface area contributed by atoms with Crippen LogP contribution >= 0.6 is 11.7 Å². The first kappa shape index (κ1) is 18.8. The zero-order valence-corrected chi connectivity index (χ0v) is 16.8. The third kappa shape index (κ3) is 4.31. The molecule has 0 bridgehead atoms. The summed E-state index contributed by atoms with van der Waals surface area (Å²) < 4.78 is 9.04. The molecule has 0 N–H and O–H groups in total. The molecular formula is C26H20N2S. The number of fused-ring (bicyclic) bond motifs is 1. The van der Waals surface area contributed by atoms with E-state index in [0.29, 0.717) is 0 Å². The molecule has 4 aromatic rings. The molecule has 0 aliphatic carbocycles. The van der Waals surface area contributed by atoms with E-state index in [-0.39, 0.29) is 0 Å². The fraction of sp³-hybridized carbons (Fsp3) is 0. The summed E-state index contributed by atoms with van der Waals surface area (Å²) in [5.74, 6) is 0. The molecule has 0 saturated heterocycles. The lowest BCUT2D eigenvalue weighted by Crippen LogP contribution is -1.82. The second kappa shape index (κ2) is 8.63. The molecule has 0 saturated carbocycles. The van der Waals surface area contributed by atoms with Crippen molar-refractivity contribution in [3.05, 3.63) is 107 Å². The average molecular weight is 393 g/mol. The van der Waals surface area contributed by atoms with Gasteiger partial charge in [-0.15, -0.1) is 0 Å². The monoisotopic (exact) mass is 392 g/mol. The Morgan fingerprint density at radius 3 is 1.28 bits per heavy atom. The lowest BCUT2D eigenvalue weighted by molar-refractivity contribution is 1.59. The first-order valence-corrected chi connectivity index (χ1v) is 10.1. The van der Waals surface area contributed by atoms with E-state index in [4.69, 9.17) is 0 Å². The van der Waals surface area contributed by atoms with Crippen LogP contribution in [0.4, 0.5) is 0 Å². The van der Waals surface area contributed by atoms with Crippen molar-refractivity contribution in [2.75, 3.05) is 0 Å². The normalized spacial score (nSPS) is 11.4. The van der Waals surface area contributed by atoms with Crippen LogP contribution in [0.15, 0.2) is 73.8 Å². The van der Waals surface area contributed by atoms with E-state index in [1.165, 1.54) is 11.7 Å². The van der Waals surface area contributed by atoms with E-state index in [0.717, 1.165) is 44.4 Å². The summed E-state index contributed by atoms with van der Waals surface area (Å²) in [5, 5.41) is 0. The van der Waals surface area contributed by atoms with Gasteiger partial charge < -0.3 is 0 Å². The molecule has 0 unspecified atom stereocenters. The molecule has 1 aromatic heterocycles. The molecule has 0 atom stereocenters. The van der Waals surface area contributed by atoms with Crippen LogP contribution in [0, 0.1) is 0 Å². The summed E-state index contributed by atoms with van der Waals surface area (Å²) in [6.45, 7) is 7.58. The Balaban J connectivity index is 1.60. The van der Waals surface area contributed by atoms with Gasteiger partial charge >= 0.3 is 0 Å². The quantitative estimate of drug-likeness (QED) is 0.321. The van der Waals surface area contributed by atoms with Gasteiger partial charge in [-0.05, 0) is 22.3 Å². The molecule has 3 aromatic carbocycles. The van der Waals surface area contributed by atoms with E-state index < -0.39 is 0 Å². The standard InChI is InChI=1S/C26H20N2S/c1-3-19-5-9-21(10-6-19)13-15-23-17-18-24(26-25(23)27-29-28-26)16-14-22-11-7-20(4-2)8-12-22/h3-18H,1-2H2/b15-13+,16-14+. The summed E-state index contributed by atoms with van der Waals surface area (Å²) in [6.07, 6.45) is 12.1. The van der Waals surface area contributed by atoms with E-state index in [9.17, 15) is 0 Å². The zero-order chi connectivity index (χ0) is 20.1. The predicted octanol–water partition coefficient (Wildman–Crippen LogP) is 7.32. The van der Waals surface area contributed by atoms with Crippen LogP contribution in [0.1, 0.15) is 33.4 Å². The number of rotatable bonds is 6. The first-order chi connectivity index (χ1) is 14.3. The maximum Gasteiger partial charge on any atom is 0.112 e. The summed E-state index contributed by atoms with van der Waals surface area (Å²) >= 11 is 1.24. The van der Waals surface area contributed by atoms with Gasteiger partial charge in [-0.2, -0.15) is 8.75 Å². The second-order valence-electron chi connectivity index (χ2n) is 6.61. The Bertz CT molecular complexity index is 1110. The number of benzene rings is 3. The number of aromatic nitrogens is 2. The number of hydrogen-bond acceptors (Lipinski definition) is 3. The molecular weight excluding hydrogens is 372 g/mol. The Morgan fingerprint density at radius 1 is 0.517 bits per heavy atom. The van der Waals surface area contributed by atoms with Crippen molar-refractivity contribution in [2.45, 2.75) is 0 Å². The highest BCUT2D eigenvalue weighted by Crippen LogP contribution is 2.25. The topological polar surface area (TPSA) is 25.8 Å². The van der Waals surface area contributed by atoms with Crippen molar-refractivity contribution in [1.82, 2.24) is 8.75 Å². The van der Waals surface area contributed by atoms with Gasteiger partial charge in [0.25, 0.3) is 0 Å². The molecule has 2 nitrogen and oxygen atoms in total. The van der Waals surface area contributed by atoms with Crippen molar-refractivity contribution in [3.8, 4) is 0 Å². The summed E-state index contributed by atoms with van der Waals surface area (Å²) in [6, 6.07) is 20.8. The van der Waals surface area contributed by atoms with E-state index in [2.05, 4.69) is 107 Å². The highest BCUT2D eigenvalue weighted by atomic mass is 32.1. The minimum absolute atomic E-state index is 0.929. The van der Waals surface area contributed by atoms with E-state index in [1.807, 2.05) is 12.2 Å². The minimum atomic E-state index is 0.929. The molecule has 1 heterocycles. The lowest BCUT2D eigenvalue weighted by Gasteiger charge is -2.01. The maximum atomic E-state index is 4.52. The molecule has 4 rings (SSSR count). The molecule has 0 fully saturated rings. The smallest absolute Gasteiger partial charge is 0.112 e. The fourth-order valence-corrected chi connectivity index (χ4v) is 3.62. The molecule has 0 radical (unpaired) electrons. The summed E-state index contributed by atoms with van der Waals surface area (Å²) in [5.41, 5.74) is 8.49. The van der Waals surface area contributed by atoms with Crippen molar-refractivity contribution in [1.29, 1.82) is 0 Å². The Hall–Kier alpha value is -3.56. The van der Waals surface area contributed by atoms with Crippen LogP contribution in [0.3, 0.4) is 0 Å². The van der Waals surface area contributed by atoms with Crippen molar-refractivity contribution < 1.29 is 0 Å². The van der Waals surface area contributed by atoms with Gasteiger partial charge in [0.15, 0.2) is 0 Å². The molecule has 3 heteroatoms. The number of hydrogen-bond donors (Lipinski definition) is 0. The SMILES string of the molecule is C=Cc1ccc(/C=C/c2ccc(/C=C/c3ccc(C=C)cc3)c3nsnc23)cc1. The maximum absolute atomic E-state index is 4.52. The van der Waals surface area contributed by atoms with Crippen LogP contribution in [-0.2, 0) is 0 Å². The lowest BCUT2D eigenvalue weighted by atomic mass is 10.0. The Morgan fingerprint density at radius 2 is 0.897 bits per heavy atom. The van der Waals surface area contributed by atoms with Crippen molar-refractivity contribution in [3.63, 3.8) is 0 Å². The molecule has 0 aliphatic rings. The Labute approximate surface area is 175 Å². The molecule has 0 aliphatic heterocycles. The van der Waals surface area contributed by atoms with E-state index in [1.54, 1.807) is 0 Å². The first-order valence-electron chi connectivity index (χ1n) is 9.33. The average Bonchev–Trinajstić information content (AvgIpc) is 3.28. The van der Waals surface area contributed by atoms with Gasteiger partial charge in [0, 0.05) is 11.1 Å². The van der Waals surface area contributed by atoms with Crippen LogP contribution in [0.5, 0.6) is 0 Å². The largest absolute Gasteiger partial charge is 0.172 e. The highest BCUT2D eigenvalue weighted by Gasteiger charge is 2.07. The van der Waals surface area contributed by atoms with Gasteiger partial charge in [-0.25, -0.2) is 0 Å². The summed E-state index contributed by atoms with van der Waals surface area (Å²) in [7, 11) is 0. The van der Waals surface area contributed by atoms with Crippen LogP contribution in [0.25, 0.3) is 47.5 Å². The van der Waals surface area contributed by atoms with Crippen LogP contribution < -0.4 is 0 Å². The summed E-state index contributed by atoms with van der Waals surface area (Å²) in [4.78, 5) is 0. The molecule has 140 valence electrons.